The number of benzene rings is 2. The van der Waals surface area contributed by atoms with Crippen molar-refractivity contribution < 1.29 is 10.2 Å². The molecule has 0 heterocycles. The van der Waals surface area contributed by atoms with Crippen molar-refractivity contribution in [2.24, 2.45) is 0 Å². The number of allylic oxidation sites excluding steroid dienone is 9. The summed E-state index contributed by atoms with van der Waals surface area (Å²) in [7, 11) is 0. The summed E-state index contributed by atoms with van der Waals surface area (Å²) in [5, 5.41) is 20.2. The highest BCUT2D eigenvalue weighted by Gasteiger charge is 2.08. The average Bonchev–Trinajstić information content (AvgIpc) is 2.78. The molecule has 0 spiro atoms. The van der Waals surface area contributed by atoms with Crippen molar-refractivity contribution in [1.82, 2.24) is 0 Å². The van der Waals surface area contributed by atoms with Gasteiger partial charge in [0.1, 0.15) is 5.75 Å². The Balaban J connectivity index is 2.19. The molecular formula is C29H30O2. The highest BCUT2D eigenvalue weighted by Crippen LogP contribution is 2.32. The first-order valence-electron chi connectivity index (χ1n) is 10.2. The molecule has 2 nitrogen and oxygen atoms in total. The van der Waals surface area contributed by atoms with Gasteiger partial charge in [0.05, 0.1) is 5.76 Å². The highest BCUT2D eigenvalue weighted by atomic mass is 16.3. The number of aliphatic hydroxyl groups is 1. The second kappa shape index (κ2) is 12.0. The number of phenols is 1. The number of phenolic OH excluding ortho intramolecular Hbond substituents is 1. The van der Waals surface area contributed by atoms with Gasteiger partial charge in [0, 0.05) is 6.42 Å². The van der Waals surface area contributed by atoms with E-state index in [1.54, 1.807) is 24.3 Å². The lowest BCUT2D eigenvalue weighted by Crippen LogP contribution is -1.89. The van der Waals surface area contributed by atoms with Crippen molar-refractivity contribution in [2.45, 2.75) is 19.3 Å². The predicted octanol–water partition coefficient (Wildman–Crippen LogP) is 7.88. The van der Waals surface area contributed by atoms with Gasteiger partial charge in [0.15, 0.2) is 0 Å². The Morgan fingerprint density at radius 3 is 2.42 bits per heavy atom. The van der Waals surface area contributed by atoms with E-state index in [1.807, 2.05) is 60.7 Å². The lowest BCUT2D eigenvalue weighted by molar-refractivity contribution is 0.395. The molecule has 2 N–H and O–H groups in total. The summed E-state index contributed by atoms with van der Waals surface area (Å²) < 4.78 is 0. The van der Waals surface area contributed by atoms with Crippen LogP contribution in [0.4, 0.5) is 0 Å². The summed E-state index contributed by atoms with van der Waals surface area (Å²) in [6.07, 6.45) is 14.4. The van der Waals surface area contributed by atoms with E-state index in [9.17, 15) is 10.2 Å². The summed E-state index contributed by atoms with van der Waals surface area (Å²) in [4.78, 5) is 0. The van der Waals surface area contributed by atoms with Crippen LogP contribution in [-0.2, 0) is 6.42 Å². The first-order valence-corrected chi connectivity index (χ1v) is 10.2. The topological polar surface area (TPSA) is 40.5 Å². The van der Waals surface area contributed by atoms with Crippen molar-refractivity contribution in [1.29, 1.82) is 0 Å². The average molecular weight is 411 g/mol. The minimum absolute atomic E-state index is 0.273. The first-order chi connectivity index (χ1) is 15.0. The van der Waals surface area contributed by atoms with Crippen molar-refractivity contribution in [3.05, 3.63) is 134 Å². The van der Waals surface area contributed by atoms with Crippen LogP contribution in [-0.4, -0.2) is 10.2 Å². The molecule has 0 aliphatic heterocycles. The third-order valence-corrected chi connectivity index (χ3v) is 4.86. The van der Waals surface area contributed by atoms with Crippen LogP contribution in [0.1, 0.15) is 24.0 Å². The van der Waals surface area contributed by atoms with Gasteiger partial charge in [-0.2, -0.15) is 0 Å². The van der Waals surface area contributed by atoms with Gasteiger partial charge in [-0.25, -0.2) is 0 Å². The second-order valence-corrected chi connectivity index (χ2v) is 7.07. The van der Waals surface area contributed by atoms with Crippen LogP contribution in [0, 0.1) is 0 Å². The summed E-state index contributed by atoms with van der Waals surface area (Å²) in [5.41, 5.74) is 5.58. The summed E-state index contributed by atoms with van der Waals surface area (Å²) in [5.74, 6) is 0.571. The number of hydrogen-bond donors (Lipinski definition) is 2. The maximum absolute atomic E-state index is 10.1. The number of hydrogen-bond acceptors (Lipinski definition) is 2. The Labute approximate surface area is 185 Å². The lowest BCUT2D eigenvalue weighted by Gasteiger charge is -2.12. The van der Waals surface area contributed by atoms with Crippen molar-refractivity contribution in [3.8, 4) is 16.9 Å². The van der Waals surface area contributed by atoms with Gasteiger partial charge in [-0.1, -0.05) is 86.0 Å². The fraction of sp³-hybridized carbons (Fsp3) is 0.103. The van der Waals surface area contributed by atoms with Crippen molar-refractivity contribution >= 4 is 5.57 Å². The van der Waals surface area contributed by atoms with Crippen molar-refractivity contribution in [2.75, 3.05) is 0 Å². The maximum Gasteiger partial charge on any atom is 0.119 e. The quantitative estimate of drug-likeness (QED) is 0.225. The van der Waals surface area contributed by atoms with Crippen LogP contribution < -0.4 is 0 Å². The fourth-order valence-corrected chi connectivity index (χ4v) is 3.21. The van der Waals surface area contributed by atoms with Crippen LogP contribution in [0.5, 0.6) is 5.75 Å². The number of rotatable bonds is 11. The Bertz CT molecular complexity index is 1050. The van der Waals surface area contributed by atoms with E-state index in [0.29, 0.717) is 25.0 Å². The summed E-state index contributed by atoms with van der Waals surface area (Å²) >= 11 is 0. The first kappa shape index (κ1) is 23.5. The predicted molar refractivity (Wildman–Crippen MR) is 134 cm³/mol. The molecule has 0 saturated carbocycles. The van der Waals surface area contributed by atoms with Gasteiger partial charge in [-0.3, -0.25) is 0 Å². The Kier molecular flexibility index (Phi) is 9.13. The molecule has 0 aromatic heterocycles. The van der Waals surface area contributed by atoms with E-state index in [0.717, 1.165) is 33.4 Å². The molecule has 0 radical (unpaired) electrons. The number of aromatic hydroxyl groups is 1. The van der Waals surface area contributed by atoms with Gasteiger partial charge in [-0.05, 0) is 58.4 Å². The lowest BCUT2D eigenvalue weighted by atomic mass is 9.93. The normalized spacial score (nSPS) is 12.0. The van der Waals surface area contributed by atoms with Crippen LogP contribution in [0.3, 0.4) is 0 Å². The van der Waals surface area contributed by atoms with Gasteiger partial charge in [-0.15, -0.1) is 13.2 Å². The van der Waals surface area contributed by atoms with Crippen LogP contribution >= 0.6 is 0 Å². The van der Waals surface area contributed by atoms with Gasteiger partial charge >= 0.3 is 0 Å². The summed E-state index contributed by atoms with van der Waals surface area (Å²) in [6, 6.07) is 13.7. The molecule has 31 heavy (non-hydrogen) atoms. The molecule has 0 aliphatic carbocycles. The zero-order valence-corrected chi connectivity index (χ0v) is 17.9. The monoisotopic (exact) mass is 410 g/mol. The SMILES string of the molecule is C=CC/C(C=C)=C(\O)C/C=C\C=C/C(=C)c1ccccc1-c1ccc(O)c(CC=C)c1. The molecule has 0 unspecified atom stereocenters. The molecule has 2 heteroatoms. The standard InChI is InChI=1S/C29H30O2/c1-5-13-23(7-3)28(30)18-10-8-9-15-22(4)26-16-11-12-17-27(26)24-19-20-29(31)25(21-24)14-6-2/h5-12,15-17,19-21,30-31H,1-4,13-14,18H2/b10-8-,15-9-,28-23-. The third kappa shape index (κ3) is 6.61. The summed E-state index contributed by atoms with van der Waals surface area (Å²) in [6.45, 7) is 15.4. The molecule has 2 rings (SSSR count). The minimum Gasteiger partial charge on any atom is -0.512 e. The Hall–Kier alpha value is -3.78. The van der Waals surface area contributed by atoms with Crippen LogP contribution in [0.2, 0.25) is 0 Å². The smallest absolute Gasteiger partial charge is 0.119 e. The molecule has 0 amide bonds. The fourth-order valence-electron chi connectivity index (χ4n) is 3.21. The van der Waals surface area contributed by atoms with Gasteiger partial charge in [0.25, 0.3) is 0 Å². The van der Waals surface area contributed by atoms with Crippen molar-refractivity contribution in [3.63, 3.8) is 0 Å². The molecule has 0 atom stereocenters. The van der Waals surface area contributed by atoms with E-state index in [4.69, 9.17) is 0 Å². The molecule has 0 bridgehead atoms. The second-order valence-electron chi connectivity index (χ2n) is 7.07. The molecule has 2 aromatic rings. The Morgan fingerprint density at radius 1 is 0.935 bits per heavy atom. The van der Waals surface area contributed by atoms with E-state index in [-0.39, 0.29) is 5.75 Å². The number of aliphatic hydroxyl groups excluding tert-OH is 1. The molecule has 0 aliphatic rings. The largest absolute Gasteiger partial charge is 0.512 e. The zero-order valence-electron chi connectivity index (χ0n) is 17.9. The van der Waals surface area contributed by atoms with Crippen LogP contribution in [0.25, 0.3) is 16.7 Å². The molecule has 0 saturated heterocycles. The van der Waals surface area contributed by atoms with E-state index in [2.05, 4.69) is 26.3 Å². The van der Waals surface area contributed by atoms with E-state index >= 15 is 0 Å². The van der Waals surface area contributed by atoms with E-state index in [1.165, 1.54) is 0 Å². The van der Waals surface area contributed by atoms with Gasteiger partial charge in [0.2, 0.25) is 0 Å². The maximum atomic E-state index is 10.1. The van der Waals surface area contributed by atoms with Crippen LogP contribution in [0.15, 0.2) is 123 Å². The third-order valence-electron chi connectivity index (χ3n) is 4.86. The molecule has 158 valence electrons. The zero-order chi connectivity index (χ0) is 22.6. The van der Waals surface area contributed by atoms with Gasteiger partial charge < -0.3 is 10.2 Å². The minimum atomic E-state index is 0.273. The Morgan fingerprint density at radius 2 is 1.71 bits per heavy atom. The highest BCUT2D eigenvalue weighted by molar-refractivity contribution is 5.85. The molecular weight excluding hydrogens is 380 g/mol. The van der Waals surface area contributed by atoms with E-state index < -0.39 is 0 Å². The molecule has 2 aromatic carbocycles. The molecule has 0 fully saturated rings.